The topological polar surface area (TPSA) is 97.1 Å². The van der Waals surface area contributed by atoms with E-state index in [4.69, 9.17) is 4.42 Å². The van der Waals surface area contributed by atoms with Crippen molar-refractivity contribution in [3.8, 4) is 0 Å². The molecule has 0 saturated carbocycles. The summed E-state index contributed by atoms with van der Waals surface area (Å²) >= 11 is 0. The molecule has 1 aromatic heterocycles. The van der Waals surface area contributed by atoms with Gasteiger partial charge in [0, 0.05) is 13.5 Å². The van der Waals surface area contributed by atoms with Crippen LogP contribution in [0, 0.1) is 6.92 Å². The Balaban J connectivity index is 2.59. The lowest BCUT2D eigenvalue weighted by Crippen LogP contribution is -2.24. The molecule has 0 fully saturated rings. The Morgan fingerprint density at radius 3 is 2.64 bits per heavy atom. The quantitative estimate of drug-likeness (QED) is 0.683. The molecular weight excluding hydrogens is 208 g/mol. The Kier molecular flexibility index (Phi) is 3.42. The van der Waals surface area contributed by atoms with Gasteiger partial charge in [-0.3, -0.25) is 0 Å². The Morgan fingerprint density at radius 1 is 1.43 bits per heavy atom. The van der Waals surface area contributed by atoms with E-state index in [0.29, 0.717) is 12.4 Å². The lowest BCUT2D eigenvalue weighted by atomic mass is 10.8. The molecular formula is C6H12N4O3S. The van der Waals surface area contributed by atoms with Gasteiger partial charge in [-0.1, -0.05) is 5.10 Å². The summed E-state index contributed by atoms with van der Waals surface area (Å²) in [6.07, 6.45) is 0. The second-order valence-corrected chi connectivity index (χ2v) is 4.49. The van der Waals surface area contributed by atoms with Crippen LogP contribution >= 0.6 is 0 Å². The summed E-state index contributed by atoms with van der Waals surface area (Å²) in [5.41, 5.74) is 0. The number of sulfonamides is 1. The number of nitrogens with zero attached hydrogens (tertiary/aromatic N) is 2. The highest BCUT2D eigenvalue weighted by atomic mass is 32.2. The maximum absolute atomic E-state index is 11.3. The van der Waals surface area contributed by atoms with Crippen LogP contribution in [0.4, 0.5) is 6.01 Å². The number of aryl methyl sites for hydroxylation is 1. The lowest BCUT2D eigenvalue weighted by Gasteiger charge is -2.02. The molecule has 0 aliphatic carbocycles. The van der Waals surface area contributed by atoms with Gasteiger partial charge in [0.2, 0.25) is 15.9 Å². The number of anilines is 1. The second kappa shape index (κ2) is 4.38. The molecule has 0 aliphatic heterocycles. The van der Waals surface area contributed by atoms with Crippen LogP contribution in [0.25, 0.3) is 0 Å². The first-order valence-electron chi connectivity index (χ1n) is 3.99. The van der Waals surface area contributed by atoms with E-state index < -0.39 is 10.0 Å². The second-order valence-electron chi connectivity index (χ2n) is 2.65. The normalized spacial score (nSPS) is 11.6. The minimum Gasteiger partial charge on any atom is -0.408 e. The van der Waals surface area contributed by atoms with Gasteiger partial charge in [0.1, 0.15) is 0 Å². The van der Waals surface area contributed by atoms with Crippen molar-refractivity contribution >= 4 is 16.0 Å². The molecule has 7 nitrogen and oxygen atoms in total. The molecule has 0 spiro atoms. The standard InChI is InChI=1S/C6H12N4O3S/c1-5-8-9-6(13-5)10-14(11,12)4-3-7-2/h7H,3-4H2,1-2H3,(H,9,10). The van der Waals surface area contributed by atoms with Crippen LogP contribution in [0.2, 0.25) is 0 Å². The van der Waals surface area contributed by atoms with Crippen molar-refractivity contribution in [3.05, 3.63) is 5.89 Å². The van der Waals surface area contributed by atoms with Crippen LogP contribution in [0.1, 0.15) is 5.89 Å². The lowest BCUT2D eigenvalue weighted by molar-refractivity contribution is 0.534. The van der Waals surface area contributed by atoms with Gasteiger partial charge in [0.25, 0.3) is 0 Å². The molecule has 0 aromatic carbocycles. The summed E-state index contributed by atoms with van der Waals surface area (Å²) in [7, 11) is -1.72. The van der Waals surface area contributed by atoms with Crippen molar-refractivity contribution in [2.75, 3.05) is 24.1 Å². The molecule has 1 aromatic rings. The number of hydrogen-bond acceptors (Lipinski definition) is 6. The molecule has 1 heterocycles. The molecule has 2 N–H and O–H groups in total. The highest BCUT2D eigenvalue weighted by Gasteiger charge is 2.13. The van der Waals surface area contributed by atoms with Crippen LogP contribution in [-0.2, 0) is 10.0 Å². The van der Waals surface area contributed by atoms with Crippen molar-refractivity contribution in [1.29, 1.82) is 0 Å². The van der Waals surface area contributed by atoms with E-state index in [1.807, 2.05) is 0 Å². The third kappa shape index (κ3) is 3.30. The Hall–Kier alpha value is -1.15. The summed E-state index contributed by atoms with van der Waals surface area (Å²) in [4.78, 5) is 0. The summed E-state index contributed by atoms with van der Waals surface area (Å²) in [6.45, 7) is 1.95. The Bertz CT molecular complexity index is 386. The Morgan fingerprint density at radius 2 is 2.14 bits per heavy atom. The van der Waals surface area contributed by atoms with E-state index in [-0.39, 0.29) is 11.8 Å². The zero-order chi connectivity index (χ0) is 10.6. The zero-order valence-electron chi connectivity index (χ0n) is 7.94. The zero-order valence-corrected chi connectivity index (χ0v) is 8.76. The van der Waals surface area contributed by atoms with Gasteiger partial charge in [-0.2, -0.15) is 0 Å². The van der Waals surface area contributed by atoms with E-state index in [2.05, 4.69) is 20.2 Å². The summed E-state index contributed by atoms with van der Waals surface area (Å²) in [5.74, 6) is 0.279. The maximum atomic E-state index is 11.3. The van der Waals surface area contributed by atoms with Crippen LogP contribution in [0.5, 0.6) is 0 Å². The number of hydrogen-bond donors (Lipinski definition) is 2. The predicted molar refractivity (Wildman–Crippen MR) is 50.4 cm³/mol. The van der Waals surface area contributed by atoms with Crippen molar-refractivity contribution in [2.24, 2.45) is 0 Å². The van der Waals surface area contributed by atoms with Gasteiger partial charge in [-0.25, -0.2) is 13.1 Å². The molecule has 0 bridgehead atoms. The minimum absolute atomic E-state index is 0.0368. The molecule has 80 valence electrons. The van der Waals surface area contributed by atoms with E-state index in [9.17, 15) is 8.42 Å². The van der Waals surface area contributed by atoms with E-state index >= 15 is 0 Å². The average Bonchev–Trinajstić information content (AvgIpc) is 2.47. The number of aromatic nitrogens is 2. The largest absolute Gasteiger partial charge is 0.408 e. The summed E-state index contributed by atoms with van der Waals surface area (Å²) < 4.78 is 29.6. The van der Waals surface area contributed by atoms with Gasteiger partial charge < -0.3 is 9.73 Å². The molecule has 1 rings (SSSR count). The monoisotopic (exact) mass is 220 g/mol. The maximum Gasteiger partial charge on any atom is 0.329 e. The molecule has 0 atom stereocenters. The fraction of sp³-hybridized carbons (Fsp3) is 0.667. The number of rotatable bonds is 5. The van der Waals surface area contributed by atoms with Crippen LogP contribution in [-0.4, -0.2) is 38.0 Å². The van der Waals surface area contributed by atoms with Crippen molar-refractivity contribution in [1.82, 2.24) is 15.5 Å². The van der Waals surface area contributed by atoms with Gasteiger partial charge in [0.15, 0.2) is 0 Å². The molecule has 14 heavy (non-hydrogen) atoms. The van der Waals surface area contributed by atoms with Crippen molar-refractivity contribution in [3.63, 3.8) is 0 Å². The fourth-order valence-electron chi connectivity index (χ4n) is 0.758. The molecule has 0 unspecified atom stereocenters. The van der Waals surface area contributed by atoms with Crippen LogP contribution in [0.3, 0.4) is 0 Å². The highest BCUT2D eigenvalue weighted by molar-refractivity contribution is 7.92. The third-order valence-corrected chi connectivity index (χ3v) is 2.62. The van der Waals surface area contributed by atoms with E-state index in [1.54, 1.807) is 14.0 Å². The molecule has 0 saturated heterocycles. The SMILES string of the molecule is CNCCS(=O)(=O)Nc1nnc(C)o1. The third-order valence-electron chi connectivity index (χ3n) is 1.39. The first-order valence-corrected chi connectivity index (χ1v) is 5.64. The highest BCUT2D eigenvalue weighted by Crippen LogP contribution is 2.05. The van der Waals surface area contributed by atoms with Crippen molar-refractivity contribution < 1.29 is 12.8 Å². The number of nitrogens with one attached hydrogen (secondary N) is 2. The molecule has 0 radical (unpaired) electrons. The summed E-state index contributed by atoms with van der Waals surface area (Å²) in [5, 5.41) is 9.73. The fourth-order valence-corrected chi connectivity index (χ4v) is 1.68. The van der Waals surface area contributed by atoms with Gasteiger partial charge >= 0.3 is 6.01 Å². The van der Waals surface area contributed by atoms with Crippen LogP contribution in [0.15, 0.2) is 4.42 Å². The molecule has 0 aliphatic rings. The molecule has 0 amide bonds. The first kappa shape index (κ1) is 10.9. The van der Waals surface area contributed by atoms with Crippen LogP contribution < -0.4 is 10.0 Å². The first-order chi connectivity index (χ1) is 6.53. The smallest absolute Gasteiger partial charge is 0.329 e. The average molecular weight is 220 g/mol. The van der Waals surface area contributed by atoms with Gasteiger partial charge in [-0.15, -0.1) is 5.10 Å². The minimum atomic E-state index is -3.39. The van der Waals surface area contributed by atoms with Gasteiger partial charge in [0.05, 0.1) is 5.75 Å². The van der Waals surface area contributed by atoms with Gasteiger partial charge in [-0.05, 0) is 7.05 Å². The molecule has 8 heteroatoms. The van der Waals surface area contributed by atoms with E-state index in [0.717, 1.165) is 0 Å². The van der Waals surface area contributed by atoms with E-state index in [1.165, 1.54) is 0 Å². The predicted octanol–water partition coefficient (Wildman–Crippen LogP) is -0.661. The van der Waals surface area contributed by atoms with Crippen molar-refractivity contribution in [2.45, 2.75) is 6.92 Å². The summed E-state index contributed by atoms with van der Waals surface area (Å²) in [6, 6.07) is -0.0985. The Labute approximate surface area is 82.0 Å².